The van der Waals surface area contributed by atoms with Crippen LogP contribution in [-0.2, 0) is 0 Å². The lowest BCUT2D eigenvalue weighted by molar-refractivity contribution is -0.0494. The van der Waals surface area contributed by atoms with Gasteiger partial charge in [-0.25, -0.2) is 4.39 Å². The average Bonchev–Trinajstić information content (AvgIpc) is 3.60. The van der Waals surface area contributed by atoms with E-state index < -0.39 is 24.4 Å². The van der Waals surface area contributed by atoms with E-state index in [-0.39, 0.29) is 34.2 Å². The third-order valence-electron chi connectivity index (χ3n) is 5.60. The van der Waals surface area contributed by atoms with E-state index >= 15 is 0 Å². The van der Waals surface area contributed by atoms with Gasteiger partial charge in [0.2, 0.25) is 11.7 Å². The molecule has 1 N–H and O–H groups in total. The van der Waals surface area contributed by atoms with Gasteiger partial charge in [-0.1, -0.05) is 23.4 Å². The number of hydrogen-bond donors (Lipinski definition) is 1. The first-order valence-corrected chi connectivity index (χ1v) is 10.5. The number of aromatic amines is 1. The second-order valence-electron chi connectivity index (χ2n) is 7.62. The van der Waals surface area contributed by atoms with Gasteiger partial charge in [-0.05, 0) is 43.2 Å². The van der Waals surface area contributed by atoms with Gasteiger partial charge in [0.25, 0.3) is 5.91 Å². The zero-order chi connectivity index (χ0) is 23.7. The molecule has 0 unspecified atom stereocenters. The number of nitrogens with one attached hydrogen (secondary N) is 1. The quantitative estimate of drug-likeness (QED) is 0.434. The lowest BCUT2D eigenvalue weighted by Crippen LogP contribution is -2.31. The summed E-state index contributed by atoms with van der Waals surface area (Å²) < 4.78 is 50.2. The first-order chi connectivity index (χ1) is 16.5. The molecule has 11 heteroatoms. The van der Waals surface area contributed by atoms with Crippen LogP contribution in [0.2, 0.25) is 0 Å². The summed E-state index contributed by atoms with van der Waals surface area (Å²) in [7, 11) is 0. The normalized spacial score (nSPS) is 15.8. The van der Waals surface area contributed by atoms with Crippen molar-refractivity contribution in [3.05, 3.63) is 72.0 Å². The fourth-order valence-corrected chi connectivity index (χ4v) is 4.12. The van der Waals surface area contributed by atoms with E-state index in [1.807, 2.05) is 0 Å². The van der Waals surface area contributed by atoms with E-state index in [0.29, 0.717) is 25.1 Å². The number of H-pyrrole nitrogens is 1. The molecule has 1 aliphatic heterocycles. The summed E-state index contributed by atoms with van der Waals surface area (Å²) in [5, 5.41) is 10.5. The molecule has 2 aromatic heterocycles. The fraction of sp³-hybridized carbons (Fsp3) is 0.217. The standard InChI is InChI=1S/C23H18F3N5O3/c24-15-7-3-6-14(19(15)16-10-11-27-29-16)22(32)31-12-4-8-17(31)21-28-20(30-34-21)13-5-1-2-9-18(13)33-23(25)26/h1-3,5-7,9-11,17,23H,4,8,12H2,(H,27,29)/t17-/m0/s1. The highest BCUT2D eigenvalue weighted by atomic mass is 19.3. The summed E-state index contributed by atoms with van der Waals surface area (Å²) in [6, 6.07) is 11.4. The van der Waals surface area contributed by atoms with Gasteiger partial charge >= 0.3 is 6.61 Å². The number of ether oxygens (including phenoxy) is 1. The van der Waals surface area contributed by atoms with E-state index in [2.05, 4.69) is 25.1 Å². The van der Waals surface area contributed by atoms with Crippen LogP contribution in [0, 0.1) is 5.82 Å². The molecule has 34 heavy (non-hydrogen) atoms. The zero-order valence-electron chi connectivity index (χ0n) is 17.6. The summed E-state index contributed by atoms with van der Waals surface area (Å²) in [6.45, 7) is -2.60. The molecule has 5 rings (SSSR count). The minimum absolute atomic E-state index is 0.0643. The van der Waals surface area contributed by atoms with Gasteiger partial charge in [0.1, 0.15) is 17.6 Å². The van der Waals surface area contributed by atoms with Crippen LogP contribution < -0.4 is 4.74 Å². The second kappa shape index (κ2) is 9.00. The van der Waals surface area contributed by atoms with Gasteiger partial charge in [0, 0.05) is 18.3 Å². The molecule has 2 aromatic carbocycles. The second-order valence-corrected chi connectivity index (χ2v) is 7.62. The molecule has 1 atom stereocenters. The molecule has 3 heterocycles. The SMILES string of the molecule is O=C(c1cccc(F)c1-c1ccn[nH]1)N1CCC[C@H]1c1nc(-c2ccccc2OC(F)F)no1. The van der Waals surface area contributed by atoms with Gasteiger partial charge in [-0.3, -0.25) is 9.89 Å². The third kappa shape index (κ3) is 4.00. The highest BCUT2D eigenvalue weighted by Gasteiger charge is 2.36. The molecule has 1 saturated heterocycles. The molecular weight excluding hydrogens is 451 g/mol. The summed E-state index contributed by atoms with van der Waals surface area (Å²) in [5.41, 5.74) is 0.916. The summed E-state index contributed by atoms with van der Waals surface area (Å²) in [6.07, 6.45) is 2.70. The van der Waals surface area contributed by atoms with Crippen LogP contribution in [0.1, 0.15) is 35.1 Å². The van der Waals surface area contributed by atoms with Gasteiger partial charge in [0.05, 0.1) is 16.8 Å². The van der Waals surface area contributed by atoms with Crippen molar-refractivity contribution in [1.29, 1.82) is 0 Å². The number of benzene rings is 2. The zero-order valence-corrected chi connectivity index (χ0v) is 17.6. The lowest BCUT2D eigenvalue weighted by atomic mass is 10.0. The van der Waals surface area contributed by atoms with Gasteiger partial charge in [-0.15, -0.1) is 0 Å². The number of carbonyl (C=O) groups is 1. The topological polar surface area (TPSA) is 97.1 Å². The van der Waals surface area contributed by atoms with Crippen molar-refractivity contribution in [2.75, 3.05) is 6.54 Å². The van der Waals surface area contributed by atoms with E-state index in [9.17, 15) is 18.0 Å². The van der Waals surface area contributed by atoms with E-state index in [1.165, 1.54) is 30.5 Å². The molecule has 0 saturated carbocycles. The Kier molecular flexibility index (Phi) is 5.74. The molecule has 1 amide bonds. The highest BCUT2D eigenvalue weighted by molar-refractivity contribution is 6.01. The van der Waals surface area contributed by atoms with Crippen LogP contribution in [0.5, 0.6) is 5.75 Å². The van der Waals surface area contributed by atoms with Gasteiger partial charge < -0.3 is 14.2 Å². The van der Waals surface area contributed by atoms with Crippen molar-refractivity contribution >= 4 is 5.91 Å². The van der Waals surface area contributed by atoms with Crippen molar-refractivity contribution in [2.24, 2.45) is 0 Å². The van der Waals surface area contributed by atoms with Crippen LogP contribution in [0.15, 0.2) is 59.3 Å². The Balaban J connectivity index is 1.46. The number of alkyl halides is 2. The number of hydrogen-bond acceptors (Lipinski definition) is 6. The average molecular weight is 469 g/mol. The Morgan fingerprint density at radius 2 is 2.03 bits per heavy atom. The number of rotatable bonds is 6. The van der Waals surface area contributed by atoms with Crippen LogP contribution in [0.25, 0.3) is 22.6 Å². The molecule has 8 nitrogen and oxygen atoms in total. The van der Waals surface area contributed by atoms with Crippen molar-refractivity contribution in [2.45, 2.75) is 25.5 Å². The van der Waals surface area contributed by atoms with Crippen molar-refractivity contribution in [3.63, 3.8) is 0 Å². The molecule has 0 aliphatic carbocycles. The van der Waals surface area contributed by atoms with E-state index in [1.54, 1.807) is 29.2 Å². The largest absolute Gasteiger partial charge is 0.434 e. The molecule has 1 aliphatic rings. The number of aromatic nitrogens is 4. The number of halogens is 3. The molecular formula is C23H18F3N5O3. The Morgan fingerprint density at radius 1 is 1.18 bits per heavy atom. The smallest absolute Gasteiger partial charge is 0.387 e. The third-order valence-corrected chi connectivity index (χ3v) is 5.60. The minimum atomic E-state index is -3.01. The van der Waals surface area contributed by atoms with Crippen LogP contribution in [0.4, 0.5) is 13.2 Å². The maximum Gasteiger partial charge on any atom is 0.387 e. The van der Waals surface area contributed by atoms with Crippen molar-refractivity contribution in [3.8, 4) is 28.4 Å². The Morgan fingerprint density at radius 3 is 2.82 bits per heavy atom. The predicted octanol–water partition coefficient (Wildman–Crippen LogP) is 4.84. The molecule has 0 bridgehead atoms. The number of nitrogens with zero attached hydrogens (tertiary/aromatic N) is 4. The molecule has 0 spiro atoms. The summed E-state index contributed by atoms with van der Waals surface area (Å²) in [4.78, 5) is 19.4. The highest BCUT2D eigenvalue weighted by Crippen LogP contribution is 2.36. The summed E-state index contributed by atoms with van der Waals surface area (Å²) in [5.74, 6) is -0.816. The van der Waals surface area contributed by atoms with Gasteiger partial charge in [-0.2, -0.15) is 18.9 Å². The first kappa shape index (κ1) is 21.7. The number of amides is 1. The van der Waals surface area contributed by atoms with Crippen molar-refractivity contribution < 1.29 is 27.2 Å². The minimum Gasteiger partial charge on any atom is -0.434 e. The lowest BCUT2D eigenvalue weighted by Gasteiger charge is -2.23. The molecule has 4 aromatic rings. The predicted molar refractivity (Wildman–Crippen MR) is 113 cm³/mol. The Labute approximate surface area is 191 Å². The Bertz CT molecular complexity index is 1310. The molecule has 174 valence electrons. The monoisotopic (exact) mass is 469 g/mol. The first-order valence-electron chi connectivity index (χ1n) is 10.5. The van der Waals surface area contributed by atoms with Crippen LogP contribution in [-0.4, -0.2) is 44.3 Å². The van der Waals surface area contributed by atoms with Crippen LogP contribution in [0.3, 0.4) is 0 Å². The maximum atomic E-state index is 14.7. The van der Waals surface area contributed by atoms with E-state index in [0.717, 1.165) is 0 Å². The number of likely N-dealkylation sites (tertiary alicyclic amines) is 1. The van der Waals surface area contributed by atoms with Gasteiger partial charge in [0.15, 0.2) is 0 Å². The molecule has 0 radical (unpaired) electrons. The summed E-state index contributed by atoms with van der Waals surface area (Å²) >= 11 is 0. The molecule has 1 fully saturated rings. The van der Waals surface area contributed by atoms with Crippen molar-refractivity contribution in [1.82, 2.24) is 25.2 Å². The maximum absolute atomic E-state index is 14.7. The fourth-order valence-electron chi connectivity index (χ4n) is 4.12. The van der Waals surface area contributed by atoms with Crippen LogP contribution >= 0.6 is 0 Å². The number of para-hydroxylation sites is 1. The van der Waals surface area contributed by atoms with E-state index in [4.69, 9.17) is 4.52 Å². The Hall–Kier alpha value is -4.15. The number of carbonyl (C=O) groups excluding carboxylic acids is 1.